The summed E-state index contributed by atoms with van der Waals surface area (Å²) in [5, 5.41) is 87.9. The maximum absolute atomic E-state index is 13.7. The lowest BCUT2D eigenvalue weighted by molar-refractivity contribution is -0.278. The number of nitrogens with zero attached hydrogens (tertiary/aromatic N) is 3. The molecule has 342 valence electrons. The van der Waals surface area contributed by atoms with Crippen molar-refractivity contribution in [3.63, 3.8) is 0 Å². The van der Waals surface area contributed by atoms with Gasteiger partial charge in [-0.25, -0.2) is 0 Å². The van der Waals surface area contributed by atoms with E-state index < -0.39 is 65.4 Å². The number of hydrazone groups is 1. The van der Waals surface area contributed by atoms with E-state index in [0.29, 0.717) is 36.9 Å². The molecular weight excluding hydrogens is 801 g/mol. The number of methoxy groups -OCH3 is 1. The number of esters is 1. The Hall–Kier alpha value is -4.87. The Morgan fingerprint density at radius 3 is 2.24 bits per heavy atom. The minimum atomic E-state index is -2.25. The second-order valence-corrected chi connectivity index (χ2v) is 17.3. The van der Waals surface area contributed by atoms with Crippen LogP contribution >= 0.6 is 0 Å². The number of phenolic OH excluding ortho intramolecular Hbond substituents is 3. The number of aliphatic hydroxyl groups excluding tert-OH is 3. The second kappa shape index (κ2) is 20.5. The van der Waals surface area contributed by atoms with E-state index in [1.165, 1.54) is 64.1 Å². The summed E-state index contributed by atoms with van der Waals surface area (Å²) in [7, 11) is 1.36. The van der Waals surface area contributed by atoms with Crippen LogP contribution in [-0.2, 0) is 25.5 Å². The number of hydrogen-bond donors (Lipinski definition) is 8. The predicted octanol–water partition coefficient (Wildman–Crippen LogP) is 5.22. The fourth-order valence-corrected chi connectivity index (χ4v) is 9.16. The molecular formula is C46H66N4O12. The van der Waals surface area contributed by atoms with Crippen molar-refractivity contribution in [1.29, 1.82) is 0 Å². The second-order valence-electron chi connectivity index (χ2n) is 17.3. The Morgan fingerprint density at radius 2 is 1.63 bits per heavy atom. The summed E-state index contributed by atoms with van der Waals surface area (Å²) in [4.78, 5) is 28.3. The highest BCUT2D eigenvalue weighted by Gasteiger charge is 2.50. The molecule has 9 atom stereocenters. The van der Waals surface area contributed by atoms with Gasteiger partial charge in [-0.05, 0) is 32.8 Å². The van der Waals surface area contributed by atoms with Gasteiger partial charge in [-0.15, -0.1) is 0 Å². The monoisotopic (exact) mass is 866 g/mol. The number of rotatable bonds is 17. The van der Waals surface area contributed by atoms with E-state index in [1.807, 2.05) is 11.9 Å². The van der Waals surface area contributed by atoms with Crippen LogP contribution in [0.25, 0.3) is 10.8 Å². The lowest BCUT2D eigenvalue weighted by Crippen LogP contribution is -2.56. The number of phenols is 3. The Kier molecular flexibility index (Phi) is 16.0. The van der Waals surface area contributed by atoms with Gasteiger partial charge in [-0.2, -0.15) is 5.10 Å². The molecule has 1 aliphatic carbocycles. The molecule has 8 N–H and O–H groups in total. The van der Waals surface area contributed by atoms with E-state index >= 15 is 0 Å². The van der Waals surface area contributed by atoms with E-state index in [4.69, 9.17) is 14.2 Å². The summed E-state index contributed by atoms with van der Waals surface area (Å²) in [5.41, 5.74) is 0.739. The highest BCUT2D eigenvalue weighted by atomic mass is 16.7. The first kappa shape index (κ1) is 48.2. The first-order valence-corrected chi connectivity index (χ1v) is 21.6. The normalized spacial score (nSPS) is 22.3. The largest absolute Gasteiger partial charge is 0.516 e. The number of nitrogens with one attached hydrogen (secondary N) is 1. The topological polar surface area (TPSA) is 234 Å². The van der Waals surface area contributed by atoms with Gasteiger partial charge in [0.15, 0.2) is 5.75 Å². The van der Waals surface area contributed by atoms with Crippen molar-refractivity contribution < 1.29 is 59.5 Å². The van der Waals surface area contributed by atoms with Crippen LogP contribution in [0.5, 0.6) is 23.0 Å². The number of ether oxygens (including phenoxy) is 3. The van der Waals surface area contributed by atoms with Crippen molar-refractivity contribution >= 4 is 34.6 Å². The number of allylic oxidation sites excluding steroid dienone is 2. The number of fused-ring (bicyclic) bond motifs is 3. The molecule has 2 fully saturated rings. The molecule has 2 aromatic rings. The minimum absolute atomic E-state index is 0.0344. The quantitative estimate of drug-likeness (QED) is 0.0149. The number of carbonyl (C=O) groups is 2. The van der Waals surface area contributed by atoms with Gasteiger partial charge < -0.3 is 55.3 Å². The Morgan fingerprint density at radius 1 is 0.968 bits per heavy atom. The molecule has 5 rings (SSSR count). The number of piperazine rings is 1. The summed E-state index contributed by atoms with van der Waals surface area (Å²) in [6.07, 6.45) is 9.83. The van der Waals surface area contributed by atoms with Gasteiger partial charge in [0.2, 0.25) is 5.79 Å². The zero-order valence-corrected chi connectivity index (χ0v) is 37.1. The van der Waals surface area contributed by atoms with E-state index in [9.17, 15) is 45.3 Å². The summed E-state index contributed by atoms with van der Waals surface area (Å²) >= 11 is 0. The lowest BCUT2D eigenvalue weighted by atomic mass is 9.76. The molecule has 16 heteroatoms. The van der Waals surface area contributed by atoms with Crippen LogP contribution in [0, 0.1) is 23.7 Å². The standard InChI is InChI=1S/C46H66N4O12/c1-25(41(54)28(4)42(55)30(6)46(59,62-31(7)52)29(5)36(60-8)16-21-51)12-11-13-26(2)45(58)48-40-34(24-47-50-19-17-49(18-20-50)32-14-9-10-15-32)43(56)38-33-22-27(3)61-37(33)23-35(53)39(38)44(40)57/h11-13,16,21,23-25,27-30,32,36,41-42,51,53-57,59H,9-10,14-15,17-20,22H2,1-8H3,(H,48,58)/b12-11+,21-16+,26-13-,47-24+/t25-,27-,28+,29+,30+,36-,41-,42+,46+/m0/s1. The molecule has 3 aliphatic rings. The number of benzene rings is 2. The molecule has 0 radical (unpaired) electrons. The van der Waals surface area contributed by atoms with Gasteiger partial charge in [-0.1, -0.05) is 58.8 Å². The molecule has 0 unspecified atom stereocenters. The zero-order chi connectivity index (χ0) is 45.6. The first-order valence-electron chi connectivity index (χ1n) is 21.6. The molecule has 62 heavy (non-hydrogen) atoms. The van der Waals surface area contributed by atoms with Gasteiger partial charge in [0, 0.05) is 93.0 Å². The van der Waals surface area contributed by atoms with Crippen molar-refractivity contribution in [3.8, 4) is 23.0 Å². The Balaban J connectivity index is 1.35. The van der Waals surface area contributed by atoms with Crippen molar-refractivity contribution in [3.05, 3.63) is 53.3 Å². The molecule has 1 amide bonds. The van der Waals surface area contributed by atoms with Crippen LogP contribution in [0.1, 0.15) is 85.3 Å². The average Bonchev–Trinajstić information content (AvgIpc) is 3.92. The smallest absolute Gasteiger partial charge is 0.305 e. The lowest BCUT2D eigenvalue weighted by Gasteiger charge is -2.43. The van der Waals surface area contributed by atoms with E-state index in [2.05, 4.69) is 15.3 Å². The van der Waals surface area contributed by atoms with Crippen LogP contribution < -0.4 is 10.1 Å². The van der Waals surface area contributed by atoms with E-state index in [1.54, 1.807) is 39.8 Å². The van der Waals surface area contributed by atoms with Gasteiger partial charge in [0.05, 0.1) is 53.3 Å². The maximum Gasteiger partial charge on any atom is 0.305 e. The van der Waals surface area contributed by atoms with Crippen molar-refractivity contribution in [2.45, 2.75) is 117 Å². The fraction of sp³-hybridized carbons (Fsp3) is 0.587. The molecule has 0 aromatic heterocycles. The van der Waals surface area contributed by atoms with Gasteiger partial charge >= 0.3 is 5.97 Å². The molecule has 1 saturated carbocycles. The Bertz CT molecular complexity index is 2040. The average molecular weight is 867 g/mol. The van der Waals surface area contributed by atoms with Crippen molar-refractivity contribution in [1.82, 2.24) is 9.91 Å². The summed E-state index contributed by atoms with van der Waals surface area (Å²) in [6, 6.07) is 1.99. The number of carbonyl (C=O) groups excluding carboxylic acids is 2. The fourth-order valence-electron chi connectivity index (χ4n) is 9.16. The van der Waals surface area contributed by atoms with Crippen molar-refractivity contribution in [2.75, 3.05) is 38.6 Å². The highest BCUT2D eigenvalue weighted by molar-refractivity contribution is 6.15. The van der Waals surface area contributed by atoms with E-state index in [0.717, 1.165) is 26.3 Å². The third-order valence-electron chi connectivity index (χ3n) is 13.0. The summed E-state index contributed by atoms with van der Waals surface area (Å²) in [6.45, 7) is 13.9. The number of amides is 1. The SMILES string of the molecule is CO[C@@H](/C=C/O)[C@@H](C)[C@@](O)(OC(C)=O)[C@H](C)[C@H](O)[C@H](C)[C@@H](O)[C@@H](C)/C=C/C=C(/C)C(=O)Nc1c(/C=N/N2CCN(C3CCCC3)CC2)c(O)c2c3c(cc(O)c2c1O)O[C@@H](C)C3. The van der Waals surface area contributed by atoms with E-state index in [-0.39, 0.29) is 45.2 Å². The van der Waals surface area contributed by atoms with Crippen LogP contribution in [0.2, 0.25) is 0 Å². The summed E-state index contributed by atoms with van der Waals surface area (Å²) < 4.78 is 16.6. The number of aromatic hydroxyl groups is 3. The molecule has 2 aliphatic heterocycles. The number of aliphatic hydroxyl groups is 4. The van der Waals surface area contributed by atoms with Crippen LogP contribution in [0.15, 0.2) is 47.3 Å². The number of anilines is 1. The van der Waals surface area contributed by atoms with Gasteiger partial charge in [0.1, 0.15) is 23.4 Å². The first-order chi connectivity index (χ1) is 29.3. The molecule has 0 bridgehead atoms. The van der Waals surface area contributed by atoms with Crippen LogP contribution in [0.4, 0.5) is 5.69 Å². The third-order valence-corrected chi connectivity index (χ3v) is 13.0. The molecule has 16 nitrogen and oxygen atoms in total. The molecule has 0 spiro atoms. The van der Waals surface area contributed by atoms with Crippen LogP contribution in [0.3, 0.4) is 0 Å². The van der Waals surface area contributed by atoms with Gasteiger partial charge in [-0.3, -0.25) is 19.5 Å². The maximum atomic E-state index is 13.7. The highest BCUT2D eigenvalue weighted by Crippen LogP contribution is 2.51. The van der Waals surface area contributed by atoms with Crippen LogP contribution in [-0.4, -0.2) is 133 Å². The Labute approximate surface area is 363 Å². The zero-order valence-electron chi connectivity index (χ0n) is 37.1. The number of hydrogen-bond acceptors (Lipinski definition) is 15. The van der Waals surface area contributed by atoms with Gasteiger partial charge in [0.25, 0.3) is 5.91 Å². The molecule has 2 heterocycles. The minimum Gasteiger partial charge on any atom is -0.516 e. The molecule has 1 saturated heterocycles. The summed E-state index contributed by atoms with van der Waals surface area (Å²) in [5.74, 6) is -7.83. The third kappa shape index (κ3) is 10.3. The molecule has 2 aromatic carbocycles. The predicted molar refractivity (Wildman–Crippen MR) is 235 cm³/mol. The van der Waals surface area contributed by atoms with Crippen molar-refractivity contribution in [2.24, 2.45) is 28.8 Å².